The lowest BCUT2D eigenvalue weighted by Gasteiger charge is -2.62. The molecule has 1 unspecified atom stereocenters. The fraction of sp³-hybridized carbons (Fsp3) is 0.913. The Hall–Kier alpha value is -0.560. The molecule has 0 aromatic rings. The standard InChI is InChI=1S/C23H34O3/c1-4-23(24)10-8-19-17-6-5-16-15-22(13-14-25-26-22)12-11-20(16,2)18(17)7-9-21(19,23)3/h1,16-19,24H,5-15H2,2-3H3/t16-,17+,18-,19-,20-,21-,22?,23-/m0/s1. The highest BCUT2D eigenvalue weighted by Gasteiger charge is 2.65. The van der Waals surface area contributed by atoms with Crippen molar-refractivity contribution in [3.63, 3.8) is 0 Å². The minimum atomic E-state index is -0.883. The van der Waals surface area contributed by atoms with E-state index in [0.29, 0.717) is 11.3 Å². The number of rotatable bonds is 0. The summed E-state index contributed by atoms with van der Waals surface area (Å²) in [5.41, 5.74) is -0.522. The van der Waals surface area contributed by atoms with Crippen LogP contribution in [0.5, 0.6) is 0 Å². The first kappa shape index (κ1) is 17.5. The first-order valence-corrected chi connectivity index (χ1v) is 10.9. The third-order valence-electron chi connectivity index (χ3n) is 10.1. The van der Waals surface area contributed by atoms with E-state index < -0.39 is 5.60 Å². The van der Waals surface area contributed by atoms with Crippen molar-refractivity contribution in [3.05, 3.63) is 0 Å². The van der Waals surface area contributed by atoms with Crippen molar-refractivity contribution in [1.29, 1.82) is 0 Å². The molecular weight excluding hydrogens is 324 g/mol. The van der Waals surface area contributed by atoms with Crippen molar-refractivity contribution < 1.29 is 14.9 Å². The molecule has 0 bridgehead atoms. The lowest BCUT2D eigenvalue weighted by atomic mass is 9.43. The van der Waals surface area contributed by atoms with Crippen LogP contribution in [0.25, 0.3) is 0 Å². The molecule has 0 amide bonds. The Balaban J connectivity index is 1.42. The lowest BCUT2D eigenvalue weighted by molar-refractivity contribution is -0.325. The molecule has 5 fully saturated rings. The van der Waals surface area contributed by atoms with Crippen LogP contribution in [0.3, 0.4) is 0 Å². The predicted molar refractivity (Wildman–Crippen MR) is 99.9 cm³/mol. The van der Waals surface area contributed by atoms with E-state index in [1.54, 1.807) is 0 Å². The molecule has 0 aromatic carbocycles. The maximum absolute atomic E-state index is 11.1. The summed E-state index contributed by atoms with van der Waals surface area (Å²) in [7, 11) is 0. The highest BCUT2D eigenvalue weighted by Crippen LogP contribution is 2.69. The van der Waals surface area contributed by atoms with Crippen LogP contribution < -0.4 is 0 Å². The second-order valence-electron chi connectivity index (χ2n) is 10.7. The van der Waals surface area contributed by atoms with E-state index in [9.17, 15) is 5.11 Å². The van der Waals surface area contributed by atoms with Crippen LogP contribution in [0.1, 0.15) is 78.1 Å². The third-order valence-corrected chi connectivity index (χ3v) is 10.1. The van der Waals surface area contributed by atoms with Crippen molar-refractivity contribution in [2.75, 3.05) is 6.61 Å². The van der Waals surface area contributed by atoms with E-state index in [-0.39, 0.29) is 11.0 Å². The van der Waals surface area contributed by atoms with Crippen LogP contribution in [0.4, 0.5) is 0 Å². The Morgan fingerprint density at radius 1 is 0.962 bits per heavy atom. The summed E-state index contributed by atoms with van der Waals surface area (Å²) < 4.78 is 0. The van der Waals surface area contributed by atoms with Gasteiger partial charge in [-0.05, 0) is 86.9 Å². The van der Waals surface area contributed by atoms with E-state index in [0.717, 1.165) is 56.5 Å². The molecule has 1 aliphatic heterocycles. The molecule has 0 aromatic heterocycles. The van der Waals surface area contributed by atoms with Gasteiger partial charge in [0.05, 0.1) is 6.61 Å². The molecule has 144 valence electrons. The number of aliphatic hydroxyl groups is 1. The van der Waals surface area contributed by atoms with E-state index >= 15 is 0 Å². The van der Waals surface area contributed by atoms with Gasteiger partial charge in [0.1, 0.15) is 11.2 Å². The van der Waals surface area contributed by atoms with E-state index in [1.165, 1.54) is 32.1 Å². The molecule has 3 nitrogen and oxygen atoms in total. The monoisotopic (exact) mass is 358 g/mol. The fourth-order valence-electron chi connectivity index (χ4n) is 8.30. The zero-order valence-corrected chi connectivity index (χ0v) is 16.4. The Morgan fingerprint density at radius 3 is 2.50 bits per heavy atom. The number of hydrogen-bond acceptors (Lipinski definition) is 3. The number of fused-ring (bicyclic) bond motifs is 5. The summed E-state index contributed by atoms with van der Waals surface area (Å²) in [5.74, 6) is 5.69. The van der Waals surface area contributed by atoms with E-state index in [4.69, 9.17) is 16.2 Å². The molecule has 0 radical (unpaired) electrons. The third kappa shape index (κ3) is 2.07. The van der Waals surface area contributed by atoms with Crippen molar-refractivity contribution >= 4 is 0 Å². The molecule has 1 spiro atoms. The molecule has 1 heterocycles. The Kier molecular flexibility index (Phi) is 3.70. The lowest BCUT2D eigenvalue weighted by Crippen LogP contribution is -2.57. The maximum atomic E-state index is 11.1. The van der Waals surface area contributed by atoms with Crippen LogP contribution in [0.2, 0.25) is 0 Å². The summed E-state index contributed by atoms with van der Waals surface area (Å²) in [6, 6.07) is 0. The van der Waals surface area contributed by atoms with Crippen LogP contribution in [0, 0.1) is 46.8 Å². The number of hydrogen-bond donors (Lipinski definition) is 1. The molecule has 1 saturated heterocycles. The van der Waals surface area contributed by atoms with Gasteiger partial charge < -0.3 is 5.11 Å². The maximum Gasteiger partial charge on any atom is 0.130 e. The first-order valence-electron chi connectivity index (χ1n) is 10.9. The van der Waals surface area contributed by atoms with Crippen molar-refractivity contribution in [2.24, 2.45) is 34.5 Å². The molecule has 5 aliphatic rings. The fourth-order valence-corrected chi connectivity index (χ4v) is 8.30. The predicted octanol–water partition coefficient (Wildman–Crippen LogP) is 4.48. The first-order chi connectivity index (χ1) is 12.4. The largest absolute Gasteiger partial charge is 0.377 e. The molecule has 8 atom stereocenters. The van der Waals surface area contributed by atoms with Crippen molar-refractivity contribution in [1.82, 2.24) is 0 Å². The van der Waals surface area contributed by atoms with Gasteiger partial charge in [-0.15, -0.1) is 6.42 Å². The van der Waals surface area contributed by atoms with Crippen molar-refractivity contribution in [2.45, 2.75) is 89.3 Å². The molecule has 26 heavy (non-hydrogen) atoms. The normalized spacial score (nSPS) is 58.7. The van der Waals surface area contributed by atoms with Gasteiger partial charge >= 0.3 is 0 Å². The van der Waals surface area contributed by atoms with Gasteiger partial charge in [-0.3, -0.25) is 0 Å². The summed E-state index contributed by atoms with van der Waals surface area (Å²) in [6.07, 6.45) is 17.3. The summed E-state index contributed by atoms with van der Waals surface area (Å²) in [6.45, 7) is 5.62. The molecular formula is C23H34O3. The zero-order chi connectivity index (χ0) is 18.2. The summed E-state index contributed by atoms with van der Waals surface area (Å²) in [5, 5.41) is 11.1. The highest BCUT2D eigenvalue weighted by atomic mass is 17.2. The molecule has 4 saturated carbocycles. The van der Waals surface area contributed by atoms with Crippen LogP contribution in [-0.4, -0.2) is 22.9 Å². The summed E-state index contributed by atoms with van der Waals surface area (Å²) >= 11 is 0. The second-order valence-corrected chi connectivity index (χ2v) is 10.7. The average molecular weight is 359 g/mol. The molecule has 3 heteroatoms. The average Bonchev–Trinajstić information content (AvgIpc) is 3.19. The second kappa shape index (κ2) is 5.49. The van der Waals surface area contributed by atoms with E-state index in [1.807, 2.05) is 0 Å². The zero-order valence-electron chi connectivity index (χ0n) is 16.4. The summed E-state index contributed by atoms with van der Waals surface area (Å²) in [4.78, 5) is 11.1. The highest BCUT2D eigenvalue weighted by molar-refractivity contribution is 5.23. The minimum absolute atomic E-state index is 0.0112. The molecule has 5 rings (SSSR count). The number of terminal acetylenes is 1. The Bertz CT molecular complexity index is 632. The van der Waals surface area contributed by atoms with Gasteiger partial charge in [-0.2, -0.15) is 0 Å². The Labute approximate surface area is 158 Å². The van der Waals surface area contributed by atoms with Gasteiger partial charge in [0.2, 0.25) is 0 Å². The van der Waals surface area contributed by atoms with Crippen LogP contribution in [0.15, 0.2) is 0 Å². The Morgan fingerprint density at radius 2 is 1.77 bits per heavy atom. The van der Waals surface area contributed by atoms with Gasteiger partial charge in [0.25, 0.3) is 0 Å². The molecule has 4 aliphatic carbocycles. The quantitative estimate of drug-likeness (QED) is 0.512. The van der Waals surface area contributed by atoms with Crippen molar-refractivity contribution in [3.8, 4) is 12.3 Å². The topological polar surface area (TPSA) is 38.7 Å². The van der Waals surface area contributed by atoms with Gasteiger partial charge in [0.15, 0.2) is 0 Å². The van der Waals surface area contributed by atoms with Crippen LogP contribution in [-0.2, 0) is 9.78 Å². The van der Waals surface area contributed by atoms with Gasteiger partial charge in [0, 0.05) is 11.8 Å². The van der Waals surface area contributed by atoms with Crippen LogP contribution >= 0.6 is 0 Å². The molecule has 1 N–H and O–H groups in total. The van der Waals surface area contributed by atoms with Gasteiger partial charge in [-0.25, -0.2) is 9.78 Å². The van der Waals surface area contributed by atoms with E-state index in [2.05, 4.69) is 19.8 Å². The smallest absolute Gasteiger partial charge is 0.130 e. The SMILES string of the molecule is C#C[C@]1(O)CC[C@H]2[C@@H]3CC[C@H]4CC5(CCOO5)CC[C@]4(C)[C@H]3CC[C@@]21C. The minimum Gasteiger partial charge on any atom is -0.377 e. The van der Waals surface area contributed by atoms with Gasteiger partial charge in [-0.1, -0.05) is 19.8 Å².